The van der Waals surface area contributed by atoms with E-state index in [1.54, 1.807) is 0 Å². The molecule has 1 aliphatic rings. The van der Waals surface area contributed by atoms with Crippen LogP contribution in [-0.2, 0) is 6.42 Å². The molecule has 0 N–H and O–H groups in total. The minimum atomic E-state index is 0.198. The molecular formula is C21H25NO. The second-order valence-electron chi connectivity index (χ2n) is 6.74. The Labute approximate surface area is 139 Å². The Morgan fingerprint density at radius 1 is 1.04 bits per heavy atom. The molecule has 2 heteroatoms. The highest BCUT2D eigenvalue weighted by molar-refractivity contribution is 5.95. The van der Waals surface area contributed by atoms with Crippen LogP contribution in [0.5, 0.6) is 0 Å². The number of benzene rings is 2. The van der Waals surface area contributed by atoms with Crippen molar-refractivity contribution in [2.24, 2.45) is 5.92 Å². The molecule has 120 valence electrons. The van der Waals surface area contributed by atoms with Crippen molar-refractivity contribution >= 4 is 5.91 Å². The zero-order chi connectivity index (χ0) is 16.2. The summed E-state index contributed by atoms with van der Waals surface area (Å²) in [5, 5.41) is 0. The number of hydrogen-bond donors (Lipinski definition) is 0. The number of rotatable bonds is 3. The summed E-state index contributed by atoms with van der Waals surface area (Å²) in [6.45, 7) is 5.82. The van der Waals surface area contributed by atoms with Crippen LogP contribution in [0.2, 0.25) is 0 Å². The minimum absolute atomic E-state index is 0.198. The normalized spacial score (nSPS) is 15.7. The van der Waals surface area contributed by atoms with Crippen molar-refractivity contribution in [3.8, 4) is 0 Å². The van der Waals surface area contributed by atoms with Gasteiger partial charge in [0.15, 0.2) is 0 Å². The summed E-state index contributed by atoms with van der Waals surface area (Å²) in [6, 6.07) is 16.8. The smallest absolute Gasteiger partial charge is 0.254 e. The molecule has 1 heterocycles. The summed E-state index contributed by atoms with van der Waals surface area (Å²) in [4.78, 5) is 14.8. The molecule has 0 bridgehead atoms. The maximum Gasteiger partial charge on any atom is 0.254 e. The van der Waals surface area contributed by atoms with Gasteiger partial charge < -0.3 is 4.90 Å². The van der Waals surface area contributed by atoms with Gasteiger partial charge in [-0.2, -0.15) is 0 Å². The van der Waals surface area contributed by atoms with Crippen LogP contribution >= 0.6 is 0 Å². The monoisotopic (exact) mass is 307 g/mol. The number of nitrogens with zero attached hydrogens (tertiary/aromatic N) is 1. The predicted molar refractivity (Wildman–Crippen MR) is 94.7 cm³/mol. The van der Waals surface area contributed by atoms with Gasteiger partial charge in [-0.15, -0.1) is 0 Å². The lowest BCUT2D eigenvalue weighted by Crippen LogP contribution is -2.39. The molecule has 0 aliphatic carbocycles. The van der Waals surface area contributed by atoms with Crippen LogP contribution in [-0.4, -0.2) is 23.9 Å². The molecule has 3 rings (SSSR count). The van der Waals surface area contributed by atoms with Crippen molar-refractivity contribution in [2.45, 2.75) is 33.1 Å². The van der Waals surface area contributed by atoms with Crippen molar-refractivity contribution in [3.63, 3.8) is 0 Å². The second-order valence-corrected chi connectivity index (χ2v) is 6.74. The van der Waals surface area contributed by atoms with E-state index in [9.17, 15) is 4.79 Å². The Morgan fingerprint density at radius 3 is 2.43 bits per heavy atom. The lowest BCUT2D eigenvalue weighted by atomic mass is 9.90. The third-order valence-corrected chi connectivity index (χ3v) is 4.89. The molecule has 0 radical (unpaired) electrons. The molecule has 0 unspecified atom stereocenters. The zero-order valence-electron chi connectivity index (χ0n) is 14.1. The van der Waals surface area contributed by atoms with Gasteiger partial charge in [-0.1, -0.05) is 48.0 Å². The molecule has 1 aliphatic heterocycles. The number of amides is 1. The molecule has 0 aromatic heterocycles. The van der Waals surface area contributed by atoms with E-state index in [-0.39, 0.29) is 5.91 Å². The standard InChI is InChI=1S/C21H25NO/c1-16-8-9-17(2)20(14-16)21(23)22-12-10-19(11-13-22)15-18-6-4-3-5-7-18/h3-9,14,19H,10-13,15H2,1-2H3. The van der Waals surface area contributed by atoms with Gasteiger partial charge in [0.1, 0.15) is 0 Å². The summed E-state index contributed by atoms with van der Waals surface area (Å²) in [5.41, 5.74) is 4.50. The van der Waals surface area contributed by atoms with Crippen LogP contribution in [0.15, 0.2) is 48.5 Å². The summed E-state index contributed by atoms with van der Waals surface area (Å²) in [7, 11) is 0. The maximum absolute atomic E-state index is 12.8. The quantitative estimate of drug-likeness (QED) is 0.823. The van der Waals surface area contributed by atoms with Crippen molar-refractivity contribution in [3.05, 3.63) is 70.8 Å². The molecular weight excluding hydrogens is 282 g/mol. The van der Waals surface area contributed by atoms with Crippen LogP contribution in [0.3, 0.4) is 0 Å². The first-order valence-electron chi connectivity index (χ1n) is 8.54. The lowest BCUT2D eigenvalue weighted by molar-refractivity contribution is 0.0689. The summed E-state index contributed by atoms with van der Waals surface area (Å²) in [5.74, 6) is 0.893. The molecule has 0 saturated carbocycles. The predicted octanol–water partition coefficient (Wildman–Crippen LogP) is 4.40. The van der Waals surface area contributed by atoms with Gasteiger partial charge in [0, 0.05) is 18.7 Å². The van der Waals surface area contributed by atoms with E-state index >= 15 is 0 Å². The summed E-state index contributed by atoms with van der Waals surface area (Å²) < 4.78 is 0. The minimum Gasteiger partial charge on any atom is -0.339 e. The number of likely N-dealkylation sites (tertiary alicyclic amines) is 1. The SMILES string of the molecule is Cc1ccc(C)c(C(=O)N2CCC(Cc3ccccc3)CC2)c1. The molecule has 0 atom stereocenters. The molecule has 1 fully saturated rings. The fourth-order valence-electron chi connectivity index (χ4n) is 3.42. The molecule has 1 amide bonds. The fraction of sp³-hybridized carbons (Fsp3) is 0.381. The van der Waals surface area contributed by atoms with Crippen molar-refractivity contribution in [1.82, 2.24) is 4.90 Å². The number of hydrogen-bond acceptors (Lipinski definition) is 1. The first-order valence-corrected chi connectivity index (χ1v) is 8.54. The number of carbonyl (C=O) groups is 1. The van der Waals surface area contributed by atoms with Crippen LogP contribution in [0.1, 0.15) is 39.9 Å². The van der Waals surface area contributed by atoms with Gasteiger partial charge in [-0.05, 0) is 56.2 Å². The molecule has 1 saturated heterocycles. The molecule has 2 nitrogen and oxygen atoms in total. The number of aryl methyl sites for hydroxylation is 2. The van der Waals surface area contributed by atoms with Gasteiger partial charge in [0.25, 0.3) is 5.91 Å². The lowest BCUT2D eigenvalue weighted by Gasteiger charge is -2.32. The second kappa shape index (κ2) is 6.99. The summed E-state index contributed by atoms with van der Waals surface area (Å²) >= 11 is 0. The highest BCUT2D eigenvalue weighted by Gasteiger charge is 2.24. The maximum atomic E-state index is 12.8. The fourth-order valence-corrected chi connectivity index (χ4v) is 3.42. The molecule has 0 spiro atoms. The van der Waals surface area contributed by atoms with E-state index in [4.69, 9.17) is 0 Å². The van der Waals surface area contributed by atoms with Gasteiger partial charge >= 0.3 is 0 Å². The van der Waals surface area contributed by atoms with E-state index < -0.39 is 0 Å². The van der Waals surface area contributed by atoms with E-state index in [2.05, 4.69) is 36.4 Å². The Hall–Kier alpha value is -2.09. The van der Waals surface area contributed by atoms with Crippen molar-refractivity contribution in [1.29, 1.82) is 0 Å². The Bertz CT molecular complexity index is 669. The highest BCUT2D eigenvalue weighted by atomic mass is 16.2. The Balaban J connectivity index is 1.60. The van der Waals surface area contributed by atoms with Crippen LogP contribution in [0.25, 0.3) is 0 Å². The summed E-state index contributed by atoms with van der Waals surface area (Å²) in [6.07, 6.45) is 3.34. The third kappa shape index (κ3) is 3.82. The Kier molecular flexibility index (Phi) is 4.80. The average Bonchev–Trinajstić information content (AvgIpc) is 2.58. The van der Waals surface area contributed by atoms with Gasteiger partial charge in [0.05, 0.1) is 0 Å². The molecule has 2 aromatic carbocycles. The van der Waals surface area contributed by atoms with Gasteiger partial charge in [-0.3, -0.25) is 4.79 Å². The highest BCUT2D eigenvalue weighted by Crippen LogP contribution is 2.23. The van der Waals surface area contributed by atoms with Crippen LogP contribution < -0.4 is 0 Å². The molecule has 2 aromatic rings. The average molecular weight is 307 g/mol. The van der Waals surface area contributed by atoms with Gasteiger partial charge in [-0.25, -0.2) is 0 Å². The van der Waals surface area contributed by atoms with E-state index in [0.717, 1.165) is 49.0 Å². The van der Waals surface area contributed by atoms with Crippen LogP contribution in [0.4, 0.5) is 0 Å². The van der Waals surface area contributed by atoms with Crippen LogP contribution in [0, 0.1) is 19.8 Å². The van der Waals surface area contributed by atoms with E-state index in [1.807, 2.05) is 30.9 Å². The van der Waals surface area contributed by atoms with E-state index in [0.29, 0.717) is 5.92 Å². The zero-order valence-corrected chi connectivity index (χ0v) is 14.1. The first-order chi connectivity index (χ1) is 11.1. The topological polar surface area (TPSA) is 20.3 Å². The van der Waals surface area contributed by atoms with Crippen molar-refractivity contribution in [2.75, 3.05) is 13.1 Å². The molecule has 23 heavy (non-hydrogen) atoms. The van der Waals surface area contributed by atoms with Crippen molar-refractivity contribution < 1.29 is 4.79 Å². The third-order valence-electron chi connectivity index (χ3n) is 4.89. The van der Waals surface area contributed by atoms with Gasteiger partial charge in [0.2, 0.25) is 0 Å². The number of carbonyl (C=O) groups excluding carboxylic acids is 1. The first kappa shape index (κ1) is 15.8. The Morgan fingerprint density at radius 2 is 1.74 bits per heavy atom. The number of piperidine rings is 1. The largest absolute Gasteiger partial charge is 0.339 e. The van der Waals surface area contributed by atoms with E-state index in [1.165, 1.54) is 5.56 Å².